The molecule has 0 saturated heterocycles. The molecule has 3 unspecified atom stereocenters. The summed E-state index contributed by atoms with van der Waals surface area (Å²) in [4.78, 5) is 2.45. The van der Waals surface area contributed by atoms with E-state index in [4.69, 9.17) is 0 Å². The normalized spacial score (nSPS) is 31.7. The Kier molecular flexibility index (Phi) is 5.25. The quantitative estimate of drug-likeness (QED) is 0.830. The van der Waals surface area contributed by atoms with Crippen LogP contribution in [0.5, 0.6) is 0 Å². The summed E-state index contributed by atoms with van der Waals surface area (Å²) in [5.41, 5.74) is 0.442. The SMILES string of the molecule is CC1CCCC(CO)(CN(C)C(C)C(C)(C)C)C1. The second-order valence-electron chi connectivity index (χ2n) is 7.82. The van der Waals surface area contributed by atoms with E-state index in [0.717, 1.165) is 12.5 Å². The smallest absolute Gasteiger partial charge is 0.0499 e. The van der Waals surface area contributed by atoms with Gasteiger partial charge in [-0.2, -0.15) is 0 Å². The summed E-state index contributed by atoms with van der Waals surface area (Å²) in [6.07, 6.45) is 4.99. The Morgan fingerprint density at radius 3 is 2.44 bits per heavy atom. The predicted molar refractivity (Wildman–Crippen MR) is 78.7 cm³/mol. The third kappa shape index (κ3) is 3.96. The van der Waals surface area contributed by atoms with E-state index in [-0.39, 0.29) is 5.41 Å². The van der Waals surface area contributed by atoms with Gasteiger partial charge in [0, 0.05) is 24.6 Å². The van der Waals surface area contributed by atoms with Gasteiger partial charge in [-0.1, -0.05) is 40.5 Å². The zero-order valence-electron chi connectivity index (χ0n) is 13.3. The second-order valence-corrected chi connectivity index (χ2v) is 7.82. The summed E-state index contributed by atoms with van der Waals surface area (Å²) in [5, 5.41) is 9.87. The molecule has 108 valence electrons. The van der Waals surface area contributed by atoms with Crippen LogP contribution in [0.4, 0.5) is 0 Å². The maximum Gasteiger partial charge on any atom is 0.0499 e. The van der Waals surface area contributed by atoms with E-state index in [1.54, 1.807) is 0 Å². The zero-order chi connectivity index (χ0) is 14.0. The maximum absolute atomic E-state index is 9.87. The van der Waals surface area contributed by atoms with Crippen molar-refractivity contribution < 1.29 is 5.11 Å². The topological polar surface area (TPSA) is 23.5 Å². The lowest BCUT2D eigenvalue weighted by molar-refractivity contribution is 0.00621. The summed E-state index contributed by atoms with van der Waals surface area (Å²) >= 11 is 0. The van der Waals surface area contributed by atoms with Gasteiger partial charge < -0.3 is 10.0 Å². The van der Waals surface area contributed by atoms with Gasteiger partial charge in [-0.25, -0.2) is 0 Å². The first-order valence-corrected chi connectivity index (χ1v) is 7.51. The van der Waals surface area contributed by atoms with E-state index in [9.17, 15) is 5.11 Å². The first-order valence-electron chi connectivity index (χ1n) is 7.51. The Bertz CT molecular complexity index is 258. The van der Waals surface area contributed by atoms with Crippen LogP contribution in [-0.4, -0.2) is 36.2 Å². The van der Waals surface area contributed by atoms with Crippen molar-refractivity contribution in [3.05, 3.63) is 0 Å². The second kappa shape index (κ2) is 5.92. The first kappa shape index (κ1) is 16.0. The highest BCUT2D eigenvalue weighted by Gasteiger charge is 2.37. The molecule has 18 heavy (non-hydrogen) atoms. The van der Waals surface area contributed by atoms with Gasteiger partial charge in [0.05, 0.1) is 0 Å². The summed E-state index contributed by atoms with van der Waals surface area (Å²) in [5.74, 6) is 0.768. The first-order chi connectivity index (χ1) is 8.20. The van der Waals surface area contributed by atoms with Crippen LogP contribution in [-0.2, 0) is 0 Å². The monoisotopic (exact) mass is 255 g/mol. The van der Waals surface area contributed by atoms with E-state index in [1.165, 1.54) is 25.7 Å². The number of aliphatic hydroxyl groups excluding tert-OH is 1. The van der Waals surface area contributed by atoms with Crippen molar-refractivity contribution in [3.63, 3.8) is 0 Å². The molecule has 0 amide bonds. The van der Waals surface area contributed by atoms with Gasteiger partial charge in [-0.3, -0.25) is 0 Å². The average Bonchev–Trinajstić information content (AvgIpc) is 2.26. The van der Waals surface area contributed by atoms with Crippen molar-refractivity contribution in [1.29, 1.82) is 0 Å². The lowest BCUT2D eigenvalue weighted by Crippen LogP contribution is -2.48. The molecule has 0 bridgehead atoms. The van der Waals surface area contributed by atoms with Crippen LogP contribution in [0.3, 0.4) is 0 Å². The highest BCUT2D eigenvalue weighted by Crippen LogP contribution is 2.40. The van der Waals surface area contributed by atoms with E-state index in [1.807, 2.05) is 0 Å². The number of rotatable bonds is 4. The molecule has 0 radical (unpaired) electrons. The van der Waals surface area contributed by atoms with Gasteiger partial charge in [-0.05, 0) is 38.1 Å². The van der Waals surface area contributed by atoms with Crippen molar-refractivity contribution >= 4 is 0 Å². The Labute approximate surface area is 114 Å². The fourth-order valence-corrected chi connectivity index (χ4v) is 3.43. The predicted octanol–water partition coefficient (Wildman–Crippen LogP) is 3.54. The molecule has 3 atom stereocenters. The van der Waals surface area contributed by atoms with E-state index in [2.05, 4.69) is 46.6 Å². The van der Waals surface area contributed by atoms with Gasteiger partial charge >= 0.3 is 0 Å². The van der Waals surface area contributed by atoms with Crippen LogP contribution in [0, 0.1) is 16.7 Å². The highest BCUT2D eigenvalue weighted by molar-refractivity contribution is 4.89. The Morgan fingerprint density at radius 2 is 2.00 bits per heavy atom. The Morgan fingerprint density at radius 1 is 1.39 bits per heavy atom. The number of aliphatic hydroxyl groups is 1. The zero-order valence-corrected chi connectivity index (χ0v) is 13.3. The molecule has 1 fully saturated rings. The largest absolute Gasteiger partial charge is 0.396 e. The molecule has 1 saturated carbocycles. The molecule has 0 aromatic rings. The number of nitrogens with zero attached hydrogens (tertiary/aromatic N) is 1. The Balaban J connectivity index is 2.68. The van der Waals surface area contributed by atoms with Crippen LogP contribution in [0.25, 0.3) is 0 Å². The molecule has 2 nitrogen and oxygen atoms in total. The lowest BCUT2D eigenvalue weighted by atomic mass is 9.70. The van der Waals surface area contributed by atoms with Crippen molar-refractivity contribution in [1.82, 2.24) is 4.90 Å². The van der Waals surface area contributed by atoms with E-state index < -0.39 is 0 Å². The molecular formula is C16H33NO. The molecule has 0 aromatic heterocycles. The minimum Gasteiger partial charge on any atom is -0.396 e. The van der Waals surface area contributed by atoms with Gasteiger partial charge in [0.15, 0.2) is 0 Å². The number of hydrogen-bond acceptors (Lipinski definition) is 2. The van der Waals surface area contributed by atoms with Crippen LogP contribution in [0.1, 0.15) is 60.3 Å². The van der Waals surface area contributed by atoms with Crippen molar-refractivity contribution in [3.8, 4) is 0 Å². The molecule has 0 aromatic carbocycles. The van der Waals surface area contributed by atoms with Gasteiger partial charge in [0.1, 0.15) is 0 Å². The molecule has 1 aliphatic rings. The third-order valence-electron chi connectivity index (χ3n) is 5.02. The summed E-state index contributed by atoms with van der Waals surface area (Å²) in [6.45, 7) is 12.9. The van der Waals surface area contributed by atoms with Crippen LogP contribution >= 0.6 is 0 Å². The molecule has 1 rings (SSSR count). The van der Waals surface area contributed by atoms with Crippen LogP contribution in [0.2, 0.25) is 0 Å². The van der Waals surface area contributed by atoms with Gasteiger partial charge in [0.25, 0.3) is 0 Å². The molecule has 2 heteroatoms. The minimum atomic E-state index is 0.145. The van der Waals surface area contributed by atoms with Gasteiger partial charge in [0.2, 0.25) is 0 Å². The molecule has 1 N–H and O–H groups in total. The third-order valence-corrected chi connectivity index (χ3v) is 5.02. The van der Waals surface area contributed by atoms with E-state index in [0.29, 0.717) is 18.1 Å². The minimum absolute atomic E-state index is 0.145. The molecular weight excluding hydrogens is 222 g/mol. The van der Waals surface area contributed by atoms with Crippen molar-refractivity contribution in [2.45, 2.75) is 66.3 Å². The summed E-state index contributed by atoms with van der Waals surface area (Å²) in [7, 11) is 2.21. The summed E-state index contributed by atoms with van der Waals surface area (Å²) < 4.78 is 0. The fraction of sp³-hybridized carbons (Fsp3) is 1.00. The lowest BCUT2D eigenvalue weighted by Gasteiger charge is -2.45. The van der Waals surface area contributed by atoms with E-state index >= 15 is 0 Å². The fourth-order valence-electron chi connectivity index (χ4n) is 3.43. The van der Waals surface area contributed by atoms with Crippen LogP contribution < -0.4 is 0 Å². The van der Waals surface area contributed by atoms with Crippen LogP contribution in [0.15, 0.2) is 0 Å². The van der Waals surface area contributed by atoms with Crippen molar-refractivity contribution in [2.24, 2.45) is 16.7 Å². The maximum atomic E-state index is 9.87. The average molecular weight is 255 g/mol. The Hall–Kier alpha value is -0.0800. The molecule has 0 heterocycles. The van der Waals surface area contributed by atoms with Crippen molar-refractivity contribution in [2.75, 3.05) is 20.2 Å². The molecule has 0 aliphatic heterocycles. The summed E-state index contributed by atoms with van der Waals surface area (Å²) in [6, 6.07) is 0.540. The molecule has 0 spiro atoms. The highest BCUT2D eigenvalue weighted by atomic mass is 16.3. The standard InChI is InChI=1S/C16H33NO/c1-13-8-7-9-16(10-13,12-18)11-17(6)14(2)15(3,4)5/h13-14,18H,7-12H2,1-6H3. The number of hydrogen-bond donors (Lipinski definition) is 1. The van der Waals surface area contributed by atoms with Gasteiger partial charge in [-0.15, -0.1) is 0 Å². The molecule has 1 aliphatic carbocycles.